The summed E-state index contributed by atoms with van der Waals surface area (Å²) in [6.45, 7) is 4.04. The van der Waals surface area contributed by atoms with Crippen molar-refractivity contribution < 1.29 is 23.8 Å². The van der Waals surface area contributed by atoms with Crippen molar-refractivity contribution >= 4 is 29.0 Å². The summed E-state index contributed by atoms with van der Waals surface area (Å²) in [6.07, 6.45) is 2.39. The van der Waals surface area contributed by atoms with Gasteiger partial charge in [-0.25, -0.2) is 0 Å². The van der Waals surface area contributed by atoms with Gasteiger partial charge in [0.25, 0.3) is 5.91 Å². The second kappa shape index (κ2) is 14.6. The van der Waals surface area contributed by atoms with Gasteiger partial charge in [-0.3, -0.25) is 9.59 Å². The van der Waals surface area contributed by atoms with Gasteiger partial charge in [0.05, 0.1) is 31.3 Å². The lowest BCUT2D eigenvalue weighted by Crippen LogP contribution is -2.61. The molecule has 1 N–H and O–H groups in total. The van der Waals surface area contributed by atoms with Gasteiger partial charge in [-0.2, -0.15) is 0 Å². The summed E-state index contributed by atoms with van der Waals surface area (Å²) in [6, 6.07) is 23.2. The molecule has 1 saturated heterocycles. The molecular formula is C35H40ClN3O5. The van der Waals surface area contributed by atoms with Gasteiger partial charge in [-0.15, -0.1) is 0 Å². The number of hydrogen-bond acceptors (Lipinski definition) is 6. The molecule has 0 radical (unpaired) electrons. The molecule has 232 valence electrons. The number of likely N-dealkylation sites (N-methyl/N-ethyl adjacent to an activating group) is 1. The molecule has 2 amide bonds. The maximum atomic E-state index is 14.0. The monoisotopic (exact) mass is 617 g/mol. The number of ether oxygens (including phenoxy) is 3. The fourth-order valence-electron chi connectivity index (χ4n) is 5.80. The molecular weight excluding hydrogens is 578 g/mol. The number of benzene rings is 3. The van der Waals surface area contributed by atoms with E-state index in [1.807, 2.05) is 53.4 Å². The van der Waals surface area contributed by atoms with Crippen LogP contribution in [0.1, 0.15) is 30.9 Å². The largest absolute Gasteiger partial charge is 0.497 e. The van der Waals surface area contributed by atoms with E-state index in [2.05, 4.69) is 29.6 Å². The van der Waals surface area contributed by atoms with Crippen LogP contribution in [0.2, 0.25) is 5.02 Å². The van der Waals surface area contributed by atoms with Gasteiger partial charge in [-0.1, -0.05) is 48.0 Å². The third-order valence-electron chi connectivity index (χ3n) is 8.19. The molecule has 3 aromatic rings. The van der Waals surface area contributed by atoms with Crippen LogP contribution in [0.5, 0.6) is 17.2 Å². The van der Waals surface area contributed by atoms with Crippen LogP contribution < -0.4 is 19.5 Å². The van der Waals surface area contributed by atoms with Gasteiger partial charge in [0, 0.05) is 38.7 Å². The summed E-state index contributed by atoms with van der Waals surface area (Å²) < 4.78 is 16.9. The predicted octanol–water partition coefficient (Wildman–Crippen LogP) is 5.24. The third kappa shape index (κ3) is 7.73. The average molecular weight is 618 g/mol. The van der Waals surface area contributed by atoms with E-state index >= 15 is 0 Å². The van der Waals surface area contributed by atoms with Crippen molar-refractivity contribution in [2.45, 2.75) is 38.3 Å². The summed E-state index contributed by atoms with van der Waals surface area (Å²) in [5, 5.41) is 4.23. The normalized spacial score (nSPS) is 17.7. The molecule has 0 saturated carbocycles. The minimum atomic E-state index is -0.236. The molecule has 44 heavy (non-hydrogen) atoms. The summed E-state index contributed by atoms with van der Waals surface area (Å²) in [4.78, 5) is 29.8. The highest BCUT2D eigenvalue weighted by Gasteiger charge is 2.39. The molecule has 0 unspecified atom stereocenters. The number of amides is 2. The van der Waals surface area contributed by atoms with E-state index in [-0.39, 0.29) is 23.9 Å². The minimum Gasteiger partial charge on any atom is -0.497 e. The van der Waals surface area contributed by atoms with Gasteiger partial charge in [-0.05, 0) is 72.4 Å². The smallest absolute Gasteiger partial charge is 0.251 e. The number of aryl methyl sites for hydroxylation is 1. The number of fused-ring (bicyclic) bond motifs is 2. The van der Waals surface area contributed by atoms with Crippen LogP contribution in [-0.4, -0.2) is 80.7 Å². The number of carbonyl (C=O) groups excluding carboxylic acids is 2. The quantitative estimate of drug-likeness (QED) is 0.280. The summed E-state index contributed by atoms with van der Waals surface area (Å²) >= 11 is 6.19. The second-order valence-corrected chi connectivity index (χ2v) is 11.7. The minimum absolute atomic E-state index is 0.0286. The first-order valence-electron chi connectivity index (χ1n) is 15.1. The number of methoxy groups -OCH3 is 1. The van der Waals surface area contributed by atoms with E-state index in [0.717, 1.165) is 35.3 Å². The van der Waals surface area contributed by atoms with Crippen LogP contribution in [-0.2, 0) is 16.0 Å². The molecule has 9 heteroatoms. The zero-order valence-electron chi connectivity index (χ0n) is 25.6. The van der Waals surface area contributed by atoms with Crippen molar-refractivity contribution in [2.75, 3.05) is 47.0 Å². The lowest BCUT2D eigenvalue weighted by atomic mass is 9.82. The molecule has 2 aliphatic rings. The third-order valence-corrected chi connectivity index (χ3v) is 8.50. The number of nitrogens with one attached hydrogen (secondary N) is 1. The number of nitrogens with zero attached hydrogens (tertiary/aromatic N) is 2. The Morgan fingerprint density at radius 3 is 2.39 bits per heavy atom. The highest BCUT2D eigenvalue weighted by Crippen LogP contribution is 2.34. The lowest BCUT2D eigenvalue weighted by molar-refractivity contribution is -0.132. The van der Waals surface area contributed by atoms with E-state index in [1.165, 1.54) is 5.56 Å². The summed E-state index contributed by atoms with van der Waals surface area (Å²) in [7, 11) is 3.43. The van der Waals surface area contributed by atoms with E-state index in [4.69, 9.17) is 25.8 Å². The number of carbonyl (C=O) groups is 2. The molecule has 5 rings (SSSR count). The van der Waals surface area contributed by atoms with Crippen molar-refractivity contribution in [1.29, 1.82) is 0 Å². The van der Waals surface area contributed by atoms with Crippen LogP contribution in [0, 0.1) is 0 Å². The topological polar surface area (TPSA) is 80.3 Å². The van der Waals surface area contributed by atoms with Crippen molar-refractivity contribution in [1.82, 2.24) is 15.1 Å². The molecule has 2 bridgehead atoms. The van der Waals surface area contributed by atoms with Crippen LogP contribution in [0.3, 0.4) is 0 Å². The van der Waals surface area contributed by atoms with Gasteiger partial charge in [0.2, 0.25) is 5.91 Å². The molecule has 2 atom stereocenters. The van der Waals surface area contributed by atoms with Crippen molar-refractivity contribution in [3.63, 3.8) is 0 Å². The molecule has 0 aliphatic carbocycles. The Hall–Kier alpha value is -4.01. The Bertz CT molecular complexity index is 1470. The van der Waals surface area contributed by atoms with Crippen LogP contribution >= 0.6 is 11.6 Å². The first-order chi connectivity index (χ1) is 21.3. The number of para-hydroxylation sites is 1. The van der Waals surface area contributed by atoms with E-state index in [0.29, 0.717) is 55.8 Å². The molecule has 2 aliphatic heterocycles. The van der Waals surface area contributed by atoms with Gasteiger partial charge in [0.1, 0.15) is 23.9 Å². The van der Waals surface area contributed by atoms with Gasteiger partial charge in [0.15, 0.2) is 0 Å². The Labute approximate surface area is 264 Å². The van der Waals surface area contributed by atoms with Crippen molar-refractivity contribution in [3.05, 3.63) is 94.5 Å². The maximum absolute atomic E-state index is 14.0. The predicted molar refractivity (Wildman–Crippen MR) is 172 cm³/mol. The highest BCUT2D eigenvalue weighted by atomic mass is 35.5. The maximum Gasteiger partial charge on any atom is 0.251 e. The summed E-state index contributed by atoms with van der Waals surface area (Å²) in [5.74, 6) is 2.15. The molecule has 2 heterocycles. The number of halogens is 1. The fraction of sp³-hybridized carbons (Fsp3) is 0.371. The number of piperazine rings is 1. The molecule has 0 spiro atoms. The van der Waals surface area contributed by atoms with Crippen molar-refractivity contribution in [2.24, 2.45) is 0 Å². The Kier molecular flexibility index (Phi) is 10.5. The van der Waals surface area contributed by atoms with Crippen LogP contribution in [0.4, 0.5) is 0 Å². The molecule has 3 aromatic carbocycles. The zero-order valence-corrected chi connectivity index (χ0v) is 26.3. The van der Waals surface area contributed by atoms with E-state index < -0.39 is 0 Å². The highest BCUT2D eigenvalue weighted by molar-refractivity contribution is 6.32. The second-order valence-electron chi connectivity index (χ2n) is 11.3. The average Bonchev–Trinajstić information content (AvgIpc) is 3.03. The van der Waals surface area contributed by atoms with E-state index in [1.54, 1.807) is 26.0 Å². The molecule has 0 aromatic heterocycles. The van der Waals surface area contributed by atoms with Gasteiger partial charge < -0.3 is 29.3 Å². The first kappa shape index (κ1) is 31.4. The van der Waals surface area contributed by atoms with E-state index in [9.17, 15) is 9.59 Å². The van der Waals surface area contributed by atoms with Crippen LogP contribution in [0.15, 0.2) is 78.4 Å². The zero-order chi connectivity index (χ0) is 31.1. The SMILES string of the molecule is COc1ccc(OCCN(C)C(=O)C2=C(c3ccc(CCCOc4ccccc4Cl)cc3)C[C@@H]3CN(C(C)=O)C[C@H]2N3)cc1. The Morgan fingerprint density at radius 2 is 1.68 bits per heavy atom. The lowest BCUT2D eigenvalue weighted by Gasteiger charge is -2.44. The first-order valence-corrected chi connectivity index (χ1v) is 15.4. The fourth-order valence-corrected chi connectivity index (χ4v) is 5.99. The van der Waals surface area contributed by atoms with Crippen molar-refractivity contribution in [3.8, 4) is 17.2 Å². The van der Waals surface area contributed by atoms with Crippen LogP contribution in [0.25, 0.3) is 5.57 Å². The standard InChI is InChI=1S/C35H40ClN3O5/c1-24(40)39-22-27-21-30(26-12-10-25(11-13-26)7-6-19-44-33-9-5-4-8-31(33)36)34(32(23-39)37-27)35(41)38(2)18-20-43-29-16-14-28(42-3)15-17-29/h4-5,8-17,27,32,37H,6-7,18-23H2,1-3H3/t27-,32-/m1/s1. The molecule has 8 nitrogen and oxygen atoms in total. The molecule has 1 fully saturated rings. The summed E-state index contributed by atoms with van der Waals surface area (Å²) in [5.41, 5.74) is 4.01. The Balaban J connectivity index is 1.27. The number of rotatable bonds is 12. The Morgan fingerprint density at radius 1 is 0.955 bits per heavy atom. The number of hydrogen-bond donors (Lipinski definition) is 1. The van der Waals surface area contributed by atoms with Gasteiger partial charge >= 0.3 is 0 Å².